The Morgan fingerprint density at radius 3 is 2.61 bits per heavy atom. The first-order valence-corrected chi connectivity index (χ1v) is 11.6. The summed E-state index contributed by atoms with van der Waals surface area (Å²) in [4.78, 5) is 41.4. The van der Waals surface area contributed by atoms with E-state index in [1.165, 1.54) is 5.56 Å². The molecule has 2 aromatic rings. The number of nitrogens with zero attached hydrogens (tertiary/aromatic N) is 2. The summed E-state index contributed by atoms with van der Waals surface area (Å²) in [6.45, 7) is 4.59. The van der Waals surface area contributed by atoms with Crippen molar-refractivity contribution in [3.8, 4) is 11.5 Å². The largest absolute Gasteiger partial charge is 0.493 e. The van der Waals surface area contributed by atoms with Gasteiger partial charge < -0.3 is 14.4 Å². The molecular formula is C25H26N2O5S. The van der Waals surface area contributed by atoms with E-state index in [-0.39, 0.29) is 23.5 Å². The first kappa shape index (κ1) is 22.9. The molecule has 33 heavy (non-hydrogen) atoms. The van der Waals surface area contributed by atoms with Crippen LogP contribution in [0.15, 0.2) is 47.4 Å². The van der Waals surface area contributed by atoms with Gasteiger partial charge in [-0.2, -0.15) is 0 Å². The maximum absolute atomic E-state index is 13.0. The van der Waals surface area contributed by atoms with E-state index in [0.717, 1.165) is 28.6 Å². The zero-order valence-electron chi connectivity index (χ0n) is 18.9. The van der Waals surface area contributed by atoms with E-state index in [1.807, 2.05) is 32.0 Å². The average molecular weight is 467 g/mol. The highest BCUT2D eigenvalue weighted by Crippen LogP contribution is 2.38. The number of methoxy groups -OCH3 is 1. The van der Waals surface area contributed by atoms with E-state index in [4.69, 9.17) is 9.47 Å². The summed E-state index contributed by atoms with van der Waals surface area (Å²) in [5.74, 6) is 0.328. The minimum absolute atomic E-state index is 0.101. The van der Waals surface area contributed by atoms with Gasteiger partial charge in [-0.3, -0.25) is 19.3 Å². The van der Waals surface area contributed by atoms with Crippen molar-refractivity contribution in [3.05, 3.63) is 64.1 Å². The fraction of sp³-hybridized carbons (Fsp3) is 0.320. The smallest absolute Gasteiger partial charge is 0.294 e. The lowest BCUT2D eigenvalue weighted by Crippen LogP contribution is -2.44. The van der Waals surface area contributed by atoms with Crippen molar-refractivity contribution in [2.45, 2.75) is 32.9 Å². The Labute approximate surface area is 197 Å². The molecule has 2 aromatic carbocycles. The third-order valence-corrected chi connectivity index (χ3v) is 6.43. The van der Waals surface area contributed by atoms with Crippen molar-refractivity contribution in [3.63, 3.8) is 0 Å². The number of amides is 3. The van der Waals surface area contributed by atoms with Crippen molar-refractivity contribution in [1.29, 1.82) is 0 Å². The molecule has 0 saturated carbocycles. The van der Waals surface area contributed by atoms with Gasteiger partial charge in [-0.1, -0.05) is 36.4 Å². The zero-order valence-corrected chi connectivity index (χ0v) is 19.7. The Morgan fingerprint density at radius 1 is 1.12 bits per heavy atom. The first-order valence-electron chi connectivity index (χ1n) is 10.8. The number of para-hydroxylation sites is 1. The lowest BCUT2D eigenvalue weighted by Gasteiger charge is -2.29. The molecule has 172 valence electrons. The van der Waals surface area contributed by atoms with Gasteiger partial charge >= 0.3 is 0 Å². The molecule has 1 saturated heterocycles. The van der Waals surface area contributed by atoms with Crippen molar-refractivity contribution in [2.24, 2.45) is 0 Å². The van der Waals surface area contributed by atoms with Gasteiger partial charge in [-0.05, 0) is 55.3 Å². The van der Waals surface area contributed by atoms with E-state index in [0.29, 0.717) is 30.2 Å². The number of hydrogen-bond donors (Lipinski definition) is 0. The highest BCUT2D eigenvalue weighted by molar-refractivity contribution is 8.18. The van der Waals surface area contributed by atoms with Gasteiger partial charge in [0.15, 0.2) is 11.5 Å². The SMILES string of the molecule is COc1cccc(/C=C2\SC(=O)N(CC(=O)N3CCc4ccccc4C3)C2=O)c1OC(C)C. The molecule has 0 unspecified atom stereocenters. The molecule has 0 radical (unpaired) electrons. The molecule has 0 N–H and O–H groups in total. The number of benzene rings is 2. The highest BCUT2D eigenvalue weighted by Gasteiger charge is 2.37. The molecule has 2 aliphatic rings. The molecule has 0 aromatic heterocycles. The summed E-state index contributed by atoms with van der Waals surface area (Å²) in [7, 11) is 1.55. The predicted octanol–water partition coefficient (Wildman–Crippen LogP) is 4.10. The lowest BCUT2D eigenvalue weighted by atomic mass is 10.00. The van der Waals surface area contributed by atoms with Crippen LogP contribution in [0.1, 0.15) is 30.5 Å². The second-order valence-electron chi connectivity index (χ2n) is 8.15. The summed E-state index contributed by atoms with van der Waals surface area (Å²) < 4.78 is 11.3. The molecule has 1 fully saturated rings. The van der Waals surface area contributed by atoms with Gasteiger partial charge in [-0.15, -0.1) is 0 Å². The molecule has 8 heteroatoms. The van der Waals surface area contributed by atoms with E-state index >= 15 is 0 Å². The van der Waals surface area contributed by atoms with Crippen LogP contribution in [-0.2, 0) is 22.6 Å². The number of rotatable bonds is 6. The van der Waals surface area contributed by atoms with Crippen LogP contribution in [0.25, 0.3) is 6.08 Å². The molecule has 0 bridgehead atoms. The van der Waals surface area contributed by atoms with Crippen LogP contribution in [0.5, 0.6) is 11.5 Å². The Hall–Kier alpha value is -3.26. The predicted molar refractivity (Wildman–Crippen MR) is 127 cm³/mol. The van der Waals surface area contributed by atoms with Crippen molar-refractivity contribution >= 4 is 34.9 Å². The Kier molecular flexibility index (Phi) is 6.74. The van der Waals surface area contributed by atoms with E-state index in [9.17, 15) is 14.4 Å². The van der Waals surface area contributed by atoms with Gasteiger partial charge in [0.05, 0.1) is 18.1 Å². The second kappa shape index (κ2) is 9.70. The zero-order chi connectivity index (χ0) is 23.5. The van der Waals surface area contributed by atoms with Crippen molar-refractivity contribution < 1.29 is 23.9 Å². The molecule has 2 aliphatic heterocycles. The number of imide groups is 1. The van der Waals surface area contributed by atoms with Gasteiger partial charge in [0.1, 0.15) is 6.54 Å². The standard InChI is InChI=1S/C25H26N2O5S/c1-16(2)32-23-18(9-6-10-20(23)31-3)13-21-24(29)27(25(30)33-21)15-22(28)26-12-11-17-7-4-5-8-19(17)14-26/h4-10,13,16H,11-12,14-15H2,1-3H3/b21-13-. The van der Waals surface area contributed by atoms with Crippen LogP contribution in [0, 0.1) is 0 Å². The first-order chi connectivity index (χ1) is 15.9. The normalized spacial score (nSPS) is 17.0. The fourth-order valence-corrected chi connectivity index (χ4v) is 4.72. The van der Waals surface area contributed by atoms with Gasteiger partial charge in [-0.25, -0.2) is 0 Å². The van der Waals surface area contributed by atoms with E-state index in [2.05, 4.69) is 6.07 Å². The third-order valence-electron chi connectivity index (χ3n) is 5.52. The Morgan fingerprint density at radius 2 is 1.88 bits per heavy atom. The number of ether oxygens (including phenoxy) is 2. The fourth-order valence-electron chi connectivity index (χ4n) is 3.89. The number of fused-ring (bicyclic) bond motifs is 1. The van der Waals surface area contributed by atoms with Crippen LogP contribution in [-0.4, -0.2) is 53.2 Å². The number of carbonyl (C=O) groups is 3. The quantitative estimate of drug-likeness (QED) is 0.597. The Bertz CT molecular complexity index is 1130. The molecule has 2 heterocycles. The van der Waals surface area contributed by atoms with Crippen LogP contribution in [0.4, 0.5) is 4.79 Å². The minimum atomic E-state index is -0.478. The molecule has 0 aliphatic carbocycles. The monoisotopic (exact) mass is 466 g/mol. The van der Waals surface area contributed by atoms with Gasteiger partial charge in [0, 0.05) is 18.7 Å². The average Bonchev–Trinajstić information content (AvgIpc) is 3.06. The number of carbonyl (C=O) groups excluding carboxylic acids is 3. The maximum atomic E-state index is 13.0. The van der Waals surface area contributed by atoms with Gasteiger partial charge in [0.25, 0.3) is 11.1 Å². The van der Waals surface area contributed by atoms with Gasteiger partial charge in [0.2, 0.25) is 5.91 Å². The minimum Gasteiger partial charge on any atom is -0.493 e. The molecule has 0 spiro atoms. The number of hydrogen-bond acceptors (Lipinski definition) is 6. The Balaban J connectivity index is 1.51. The summed E-state index contributed by atoms with van der Waals surface area (Å²) in [6.07, 6.45) is 2.28. The van der Waals surface area contributed by atoms with Crippen molar-refractivity contribution in [2.75, 3.05) is 20.2 Å². The number of thioether (sulfide) groups is 1. The van der Waals surface area contributed by atoms with Crippen LogP contribution in [0.2, 0.25) is 0 Å². The van der Waals surface area contributed by atoms with Crippen LogP contribution in [0.3, 0.4) is 0 Å². The summed E-state index contributed by atoms with van der Waals surface area (Å²) in [5, 5.41) is -0.453. The van der Waals surface area contributed by atoms with Crippen LogP contribution >= 0.6 is 11.8 Å². The molecule has 0 atom stereocenters. The molecular weight excluding hydrogens is 440 g/mol. The van der Waals surface area contributed by atoms with E-state index in [1.54, 1.807) is 36.3 Å². The van der Waals surface area contributed by atoms with Crippen LogP contribution < -0.4 is 9.47 Å². The van der Waals surface area contributed by atoms with E-state index < -0.39 is 11.1 Å². The molecule has 4 rings (SSSR count). The maximum Gasteiger partial charge on any atom is 0.294 e. The topological polar surface area (TPSA) is 76.2 Å². The summed E-state index contributed by atoms with van der Waals surface area (Å²) in [6, 6.07) is 13.4. The second-order valence-corrected chi connectivity index (χ2v) is 9.14. The third kappa shape index (κ3) is 4.90. The molecule has 3 amide bonds. The molecule has 7 nitrogen and oxygen atoms in total. The highest BCUT2D eigenvalue weighted by atomic mass is 32.2. The summed E-state index contributed by atoms with van der Waals surface area (Å²) in [5.41, 5.74) is 2.96. The summed E-state index contributed by atoms with van der Waals surface area (Å²) >= 11 is 0.826. The lowest BCUT2D eigenvalue weighted by molar-refractivity contribution is -0.136. The van der Waals surface area contributed by atoms with Crippen molar-refractivity contribution in [1.82, 2.24) is 9.80 Å².